The Morgan fingerprint density at radius 3 is 1.47 bits per heavy atom. The highest BCUT2D eigenvalue weighted by molar-refractivity contribution is 8.22. The Morgan fingerprint density at radius 2 is 1.06 bits per heavy atom. The van der Waals surface area contributed by atoms with Crippen molar-refractivity contribution >= 4 is 47.0 Å². The minimum atomic E-state index is 0.663. The molecule has 0 aromatic heterocycles. The predicted molar refractivity (Wildman–Crippen MR) is 85.4 cm³/mol. The number of rotatable bonds is 0. The van der Waals surface area contributed by atoms with Crippen molar-refractivity contribution < 1.29 is 0 Å². The van der Waals surface area contributed by atoms with Crippen LogP contribution in [0.1, 0.15) is 32.1 Å². The van der Waals surface area contributed by atoms with E-state index in [1.807, 2.05) is 0 Å². The van der Waals surface area contributed by atoms with E-state index in [9.17, 15) is 0 Å². The van der Waals surface area contributed by atoms with E-state index >= 15 is 0 Å². The fourth-order valence-corrected chi connectivity index (χ4v) is 11.6. The molecule has 0 unspecified atom stereocenters. The van der Waals surface area contributed by atoms with E-state index in [4.69, 9.17) is 0 Å². The summed E-state index contributed by atoms with van der Waals surface area (Å²) in [4.78, 5) is 0. The molecule has 0 radical (unpaired) electrons. The lowest BCUT2D eigenvalue weighted by molar-refractivity contribution is 0.292. The molecule has 2 aliphatic heterocycles. The van der Waals surface area contributed by atoms with E-state index in [0.29, 0.717) is 8.16 Å². The molecule has 0 N–H and O–H groups in total. The molecule has 2 saturated heterocycles. The van der Waals surface area contributed by atoms with Crippen LogP contribution >= 0.6 is 47.0 Å². The fourth-order valence-electron chi connectivity index (χ4n) is 4.23. The number of fused-ring (bicyclic) bond motifs is 2. The van der Waals surface area contributed by atoms with Crippen molar-refractivity contribution in [2.45, 2.75) is 40.3 Å². The summed E-state index contributed by atoms with van der Waals surface area (Å²) >= 11 is 9.31. The van der Waals surface area contributed by atoms with E-state index in [-0.39, 0.29) is 0 Å². The normalized spacial score (nSPS) is 42.4. The lowest BCUT2D eigenvalue weighted by Crippen LogP contribution is -2.45. The van der Waals surface area contributed by atoms with Gasteiger partial charge in [0.05, 0.1) is 8.16 Å². The van der Waals surface area contributed by atoms with Crippen molar-refractivity contribution in [3.63, 3.8) is 0 Å². The Morgan fingerprint density at radius 1 is 0.647 bits per heavy atom. The predicted octanol–water partition coefficient (Wildman–Crippen LogP) is 4.55. The quantitative estimate of drug-likeness (QED) is 0.643. The van der Waals surface area contributed by atoms with Crippen LogP contribution in [-0.2, 0) is 0 Å². The first-order chi connectivity index (χ1) is 8.33. The molecular formula is C13H20S4. The zero-order valence-electron chi connectivity index (χ0n) is 10.2. The topological polar surface area (TPSA) is 0 Å². The van der Waals surface area contributed by atoms with Gasteiger partial charge in [-0.2, -0.15) is 0 Å². The summed E-state index contributed by atoms with van der Waals surface area (Å²) in [5, 5.41) is 0. The molecule has 0 nitrogen and oxygen atoms in total. The van der Waals surface area contributed by atoms with Crippen LogP contribution in [0.4, 0.5) is 0 Å². The average Bonchev–Trinajstić information content (AvgIpc) is 2.87. The number of hydrogen-bond donors (Lipinski definition) is 0. The van der Waals surface area contributed by atoms with Gasteiger partial charge < -0.3 is 0 Å². The minimum absolute atomic E-state index is 0.663. The van der Waals surface area contributed by atoms with Crippen LogP contribution < -0.4 is 0 Å². The maximum atomic E-state index is 2.33. The summed E-state index contributed by atoms with van der Waals surface area (Å²) in [7, 11) is 0. The number of hydrogen-bond acceptors (Lipinski definition) is 4. The Balaban J connectivity index is 1.67. The molecule has 0 aromatic carbocycles. The molecule has 2 spiro atoms. The zero-order valence-corrected chi connectivity index (χ0v) is 13.4. The van der Waals surface area contributed by atoms with E-state index < -0.39 is 0 Å². The highest BCUT2D eigenvalue weighted by atomic mass is 32.2. The summed E-state index contributed by atoms with van der Waals surface area (Å²) in [6, 6.07) is 0. The van der Waals surface area contributed by atoms with E-state index in [0.717, 1.165) is 11.8 Å². The van der Waals surface area contributed by atoms with Crippen molar-refractivity contribution in [2.24, 2.45) is 11.8 Å². The van der Waals surface area contributed by atoms with Crippen molar-refractivity contribution in [1.29, 1.82) is 0 Å². The Kier molecular flexibility index (Phi) is 3.19. The third kappa shape index (κ3) is 1.84. The molecule has 17 heavy (non-hydrogen) atoms. The molecule has 3 saturated carbocycles. The van der Waals surface area contributed by atoms with Crippen molar-refractivity contribution in [2.75, 3.05) is 23.0 Å². The fraction of sp³-hybridized carbons (Fsp3) is 1.00. The first kappa shape index (κ1) is 12.2. The molecule has 96 valence electrons. The van der Waals surface area contributed by atoms with Crippen molar-refractivity contribution in [3.05, 3.63) is 0 Å². The molecule has 3 aliphatic carbocycles. The third-order valence-electron chi connectivity index (χ3n) is 4.96. The Bertz CT molecular complexity index is 275. The van der Waals surface area contributed by atoms with Gasteiger partial charge in [-0.3, -0.25) is 0 Å². The van der Waals surface area contributed by atoms with E-state index in [2.05, 4.69) is 47.0 Å². The van der Waals surface area contributed by atoms with Gasteiger partial charge in [0.25, 0.3) is 0 Å². The van der Waals surface area contributed by atoms with Crippen molar-refractivity contribution in [1.82, 2.24) is 0 Å². The smallest absolute Gasteiger partial charge is 0.0643 e. The molecule has 2 atom stereocenters. The van der Waals surface area contributed by atoms with E-state index in [1.54, 1.807) is 0 Å². The molecule has 2 bridgehead atoms. The van der Waals surface area contributed by atoms with Gasteiger partial charge in [-0.15, -0.1) is 47.0 Å². The van der Waals surface area contributed by atoms with Crippen LogP contribution in [0.25, 0.3) is 0 Å². The van der Waals surface area contributed by atoms with Crippen LogP contribution in [-0.4, -0.2) is 31.2 Å². The van der Waals surface area contributed by atoms with Gasteiger partial charge in [0.15, 0.2) is 0 Å². The van der Waals surface area contributed by atoms with Crippen LogP contribution in [0, 0.1) is 11.8 Å². The summed E-state index contributed by atoms with van der Waals surface area (Å²) in [5.74, 6) is 7.72. The molecule has 0 aromatic rings. The second kappa shape index (κ2) is 4.46. The van der Waals surface area contributed by atoms with Gasteiger partial charge in [-0.05, 0) is 37.5 Å². The second-order valence-electron chi connectivity index (χ2n) is 5.75. The largest absolute Gasteiger partial charge is 0.143 e. The zero-order chi connectivity index (χ0) is 11.3. The lowest BCUT2D eigenvalue weighted by Gasteiger charge is -2.49. The second-order valence-corrected chi connectivity index (χ2v) is 12.0. The molecule has 4 heteroatoms. The Hall–Kier alpha value is 1.40. The van der Waals surface area contributed by atoms with E-state index in [1.165, 1.54) is 55.1 Å². The summed E-state index contributed by atoms with van der Waals surface area (Å²) < 4.78 is 1.33. The molecule has 2 heterocycles. The maximum absolute atomic E-state index is 2.33. The minimum Gasteiger partial charge on any atom is -0.143 e. The van der Waals surface area contributed by atoms with Gasteiger partial charge >= 0.3 is 0 Å². The maximum Gasteiger partial charge on any atom is 0.0643 e. The van der Waals surface area contributed by atoms with Gasteiger partial charge in [-0.1, -0.05) is 6.42 Å². The molecule has 5 aliphatic rings. The third-order valence-corrected chi connectivity index (χ3v) is 12.5. The van der Waals surface area contributed by atoms with Gasteiger partial charge in [-0.25, -0.2) is 0 Å². The first-order valence-electron chi connectivity index (χ1n) is 6.89. The summed E-state index contributed by atoms with van der Waals surface area (Å²) in [5.41, 5.74) is 0. The van der Waals surface area contributed by atoms with Gasteiger partial charge in [0, 0.05) is 23.0 Å². The highest BCUT2D eigenvalue weighted by Crippen LogP contribution is 2.69. The molecular weight excluding hydrogens is 284 g/mol. The first-order valence-corrected chi connectivity index (χ1v) is 10.8. The molecule has 5 rings (SSSR count). The summed E-state index contributed by atoms with van der Waals surface area (Å²) in [6.07, 6.45) is 7.64. The molecule has 5 fully saturated rings. The van der Waals surface area contributed by atoms with Crippen molar-refractivity contribution in [3.8, 4) is 0 Å². The average molecular weight is 305 g/mol. The van der Waals surface area contributed by atoms with Crippen LogP contribution in [0.5, 0.6) is 0 Å². The molecule has 0 amide bonds. The Labute approximate surface area is 122 Å². The van der Waals surface area contributed by atoms with Gasteiger partial charge in [0.2, 0.25) is 0 Å². The standard InChI is InChI=1S/C13H20S4/c1-2-10-8-13(16-6-7-17-13)11(3-1)9-12(10)14-4-5-15-12/h10-11H,1-9H2/t10-,11-/m1/s1. The summed E-state index contributed by atoms with van der Waals surface area (Å²) in [6.45, 7) is 0. The van der Waals surface area contributed by atoms with Gasteiger partial charge in [0.1, 0.15) is 0 Å². The van der Waals surface area contributed by atoms with Crippen LogP contribution in [0.3, 0.4) is 0 Å². The van der Waals surface area contributed by atoms with Crippen LogP contribution in [0.2, 0.25) is 0 Å². The number of thioether (sulfide) groups is 4. The lowest BCUT2D eigenvalue weighted by atomic mass is 9.82. The van der Waals surface area contributed by atoms with Crippen LogP contribution in [0.15, 0.2) is 0 Å². The monoisotopic (exact) mass is 304 g/mol. The highest BCUT2D eigenvalue weighted by Gasteiger charge is 2.58. The SMILES string of the molecule is C1C[C@@H]2CC3(SCCS3)[C@H](C1)CC21SCCS1.